The summed E-state index contributed by atoms with van der Waals surface area (Å²) in [5, 5.41) is 5.08. The Balaban J connectivity index is 4.35. The third-order valence-electron chi connectivity index (χ3n) is 2.43. The van der Waals surface area contributed by atoms with Crippen LogP contribution in [0.5, 0.6) is 0 Å². The Morgan fingerprint density at radius 1 is 1.19 bits per heavy atom. The molecule has 5 heteroatoms. The van der Waals surface area contributed by atoms with E-state index < -0.39 is 10.0 Å². The van der Waals surface area contributed by atoms with Crippen molar-refractivity contribution in [3.8, 4) is 0 Å². The van der Waals surface area contributed by atoms with Crippen molar-refractivity contribution in [3.05, 3.63) is 0 Å². The van der Waals surface area contributed by atoms with Crippen molar-refractivity contribution < 1.29 is 13.2 Å². The minimum absolute atomic E-state index is 0.0193. The zero-order chi connectivity index (χ0) is 13.0. The minimum atomic E-state index is -3.44. The van der Waals surface area contributed by atoms with Crippen LogP contribution in [0, 0.1) is 17.3 Å². The van der Waals surface area contributed by atoms with Gasteiger partial charge in [0.1, 0.15) is 0 Å². The second kappa shape index (κ2) is 5.98. The van der Waals surface area contributed by atoms with E-state index in [1.165, 1.54) is 0 Å². The first-order valence-corrected chi connectivity index (χ1v) is 7.32. The van der Waals surface area contributed by atoms with Crippen molar-refractivity contribution in [3.63, 3.8) is 0 Å². The van der Waals surface area contributed by atoms with E-state index in [1.807, 2.05) is 20.8 Å². The third kappa shape index (κ3) is 8.07. The number of nitrogens with two attached hydrogens (primary N) is 1. The maximum absolute atomic E-state index is 11.1. The number of ether oxygens (including phenoxy) is 1. The molecular weight excluding hydrogens is 226 g/mol. The van der Waals surface area contributed by atoms with Gasteiger partial charge in [0, 0.05) is 12.5 Å². The summed E-state index contributed by atoms with van der Waals surface area (Å²) in [5.74, 6) is 0.366. The van der Waals surface area contributed by atoms with Crippen molar-refractivity contribution in [2.45, 2.75) is 34.6 Å². The summed E-state index contributed by atoms with van der Waals surface area (Å²) < 4.78 is 27.7. The molecule has 0 aromatic heterocycles. The summed E-state index contributed by atoms with van der Waals surface area (Å²) in [7, 11) is -3.44. The van der Waals surface area contributed by atoms with Gasteiger partial charge in [-0.25, -0.2) is 13.6 Å². The average Bonchev–Trinajstić information content (AvgIpc) is 1.97. The molecule has 1 unspecified atom stereocenters. The molecule has 0 amide bonds. The second-order valence-electron chi connectivity index (χ2n) is 5.82. The Morgan fingerprint density at radius 2 is 1.69 bits per heavy atom. The molecule has 0 heterocycles. The van der Waals surface area contributed by atoms with Crippen molar-refractivity contribution in [1.29, 1.82) is 0 Å². The van der Waals surface area contributed by atoms with E-state index >= 15 is 0 Å². The van der Waals surface area contributed by atoms with Crippen LogP contribution in [0.1, 0.15) is 34.6 Å². The molecule has 98 valence electrons. The Hall–Kier alpha value is -0.130. The Bertz CT molecular complexity index is 291. The fourth-order valence-electron chi connectivity index (χ4n) is 1.27. The van der Waals surface area contributed by atoms with Gasteiger partial charge in [0.2, 0.25) is 10.0 Å². The first-order chi connectivity index (χ1) is 7.02. The van der Waals surface area contributed by atoms with Gasteiger partial charge in [-0.15, -0.1) is 0 Å². The van der Waals surface area contributed by atoms with Gasteiger partial charge in [-0.1, -0.05) is 34.6 Å². The SMILES string of the molecule is CC(C)COCC(CS(N)(=O)=O)C(C)(C)C. The molecule has 0 aromatic carbocycles. The average molecular weight is 251 g/mol. The van der Waals surface area contributed by atoms with Crippen LogP contribution in [0.15, 0.2) is 0 Å². The maximum Gasteiger partial charge on any atom is 0.209 e. The molecule has 0 radical (unpaired) electrons. The molecule has 0 spiro atoms. The fraction of sp³-hybridized carbons (Fsp3) is 1.00. The van der Waals surface area contributed by atoms with Crippen LogP contribution in [0.25, 0.3) is 0 Å². The molecule has 0 fully saturated rings. The topological polar surface area (TPSA) is 69.4 Å². The highest BCUT2D eigenvalue weighted by atomic mass is 32.2. The molecule has 0 aliphatic heterocycles. The van der Waals surface area contributed by atoms with Gasteiger partial charge < -0.3 is 4.74 Å². The molecule has 0 rings (SSSR count). The van der Waals surface area contributed by atoms with Crippen LogP contribution in [-0.4, -0.2) is 27.4 Å². The number of sulfonamides is 1. The molecule has 0 aromatic rings. The van der Waals surface area contributed by atoms with Crippen molar-refractivity contribution in [2.24, 2.45) is 22.4 Å². The Morgan fingerprint density at radius 3 is 2.00 bits per heavy atom. The fourth-order valence-corrected chi connectivity index (χ4v) is 2.43. The summed E-state index contributed by atoms with van der Waals surface area (Å²) in [6, 6.07) is 0. The Kier molecular flexibility index (Phi) is 5.93. The van der Waals surface area contributed by atoms with E-state index in [0.717, 1.165) is 0 Å². The summed E-state index contributed by atoms with van der Waals surface area (Å²) in [4.78, 5) is 0. The van der Waals surface area contributed by atoms with E-state index in [9.17, 15) is 8.42 Å². The quantitative estimate of drug-likeness (QED) is 0.779. The van der Waals surface area contributed by atoms with Gasteiger partial charge in [-0.2, -0.15) is 0 Å². The van der Waals surface area contributed by atoms with Crippen LogP contribution < -0.4 is 5.14 Å². The van der Waals surface area contributed by atoms with E-state index in [1.54, 1.807) is 0 Å². The standard InChI is InChI=1S/C11H25NO3S/c1-9(2)6-15-7-10(11(3,4)5)8-16(12,13)14/h9-10H,6-8H2,1-5H3,(H2,12,13,14). The van der Waals surface area contributed by atoms with Crippen LogP contribution in [0.2, 0.25) is 0 Å². The predicted molar refractivity (Wildman–Crippen MR) is 66.6 cm³/mol. The van der Waals surface area contributed by atoms with Gasteiger partial charge in [-0.05, 0) is 11.3 Å². The predicted octanol–water partition coefficient (Wildman–Crippen LogP) is 1.61. The van der Waals surface area contributed by atoms with Crippen molar-refractivity contribution in [2.75, 3.05) is 19.0 Å². The highest BCUT2D eigenvalue weighted by Gasteiger charge is 2.28. The molecular formula is C11H25NO3S. The van der Waals surface area contributed by atoms with E-state index in [2.05, 4.69) is 13.8 Å². The van der Waals surface area contributed by atoms with E-state index in [0.29, 0.717) is 19.1 Å². The maximum atomic E-state index is 11.1. The number of primary sulfonamides is 1. The lowest BCUT2D eigenvalue weighted by atomic mass is 9.82. The van der Waals surface area contributed by atoms with Gasteiger partial charge in [0.05, 0.1) is 12.4 Å². The third-order valence-corrected chi connectivity index (χ3v) is 3.30. The summed E-state index contributed by atoms with van der Waals surface area (Å²) >= 11 is 0. The summed E-state index contributed by atoms with van der Waals surface area (Å²) in [5.41, 5.74) is -0.122. The Labute approximate surface area is 99.6 Å². The van der Waals surface area contributed by atoms with Crippen LogP contribution in [-0.2, 0) is 14.8 Å². The molecule has 0 saturated carbocycles. The van der Waals surface area contributed by atoms with Gasteiger partial charge in [0.25, 0.3) is 0 Å². The first-order valence-electron chi connectivity index (χ1n) is 5.60. The molecule has 0 bridgehead atoms. The lowest BCUT2D eigenvalue weighted by Gasteiger charge is -2.30. The highest BCUT2D eigenvalue weighted by molar-refractivity contribution is 7.89. The molecule has 1 atom stereocenters. The second-order valence-corrected chi connectivity index (χ2v) is 7.48. The number of hydrogen-bond acceptors (Lipinski definition) is 3. The molecule has 4 nitrogen and oxygen atoms in total. The zero-order valence-electron chi connectivity index (χ0n) is 11.0. The zero-order valence-corrected chi connectivity index (χ0v) is 11.8. The molecule has 2 N–H and O–H groups in total. The summed E-state index contributed by atoms with van der Waals surface area (Å²) in [6.45, 7) is 11.2. The summed E-state index contributed by atoms with van der Waals surface area (Å²) in [6.07, 6.45) is 0. The largest absolute Gasteiger partial charge is 0.381 e. The smallest absolute Gasteiger partial charge is 0.209 e. The highest BCUT2D eigenvalue weighted by Crippen LogP contribution is 2.27. The monoisotopic (exact) mass is 251 g/mol. The van der Waals surface area contributed by atoms with E-state index in [-0.39, 0.29) is 17.1 Å². The van der Waals surface area contributed by atoms with Crippen molar-refractivity contribution in [1.82, 2.24) is 0 Å². The molecule has 0 aliphatic rings. The molecule has 0 aliphatic carbocycles. The van der Waals surface area contributed by atoms with Crippen LogP contribution >= 0.6 is 0 Å². The molecule has 0 saturated heterocycles. The number of hydrogen-bond donors (Lipinski definition) is 1. The number of rotatable bonds is 6. The van der Waals surface area contributed by atoms with Gasteiger partial charge in [-0.3, -0.25) is 0 Å². The van der Waals surface area contributed by atoms with Gasteiger partial charge in [0.15, 0.2) is 0 Å². The van der Waals surface area contributed by atoms with Crippen LogP contribution in [0.3, 0.4) is 0 Å². The molecule has 16 heavy (non-hydrogen) atoms. The van der Waals surface area contributed by atoms with Gasteiger partial charge >= 0.3 is 0 Å². The first kappa shape index (κ1) is 15.9. The lowest BCUT2D eigenvalue weighted by molar-refractivity contribution is 0.0506. The van der Waals surface area contributed by atoms with E-state index in [4.69, 9.17) is 9.88 Å². The van der Waals surface area contributed by atoms with Crippen LogP contribution in [0.4, 0.5) is 0 Å². The minimum Gasteiger partial charge on any atom is -0.381 e. The normalized spacial score (nSPS) is 15.4. The van der Waals surface area contributed by atoms with Crippen molar-refractivity contribution >= 4 is 10.0 Å². The lowest BCUT2D eigenvalue weighted by Crippen LogP contribution is -2.35.